The van der Waals surface area contributed by atoms with Gasteiger partial charge in [-0.1, -0.05) is 12.1 Å². The van der Waals surface area contributed by atoms with Crippen molar-refractivity contribution in [3.8, 4) is 17.2 Å². The highest BCUT2D eigenvalue weighted by atomic mass is 32.2. The summed E-state index contributed by atoms with van der Waals surface area (Å²) in [6.45, 7) is 0. The molecule has 0 spiro atoms. The van der Waals surface area contributed by atoms with Crippen LogP contribution >= 0.6 is 0 Å². The molecule has 0 amide bonds. The van der Waals surface area contributed by atoms with Gasteiger partial charge in [0.05, 0.1) is 16.5 Å². The van der Waals surface area contributed by atoms with Crippen LogP contribution < -0.4 is 5.14 Å². The average molecular weight is 356 g/mol. The Morgan fingerprint density at radius 1 is 1.09 bits per heavy atom. The fourth-order valence-corrected chi connectivity index (χ4v) is 3.58. The molecule has 0 aliphatic rings. The molecule has 0 unspecified atom stereocenters. The lowest BCUT2D eigenvalue weighted by molar-refractivity contribution is 0.483. The Morgan fingerprint density at radius 2 is 1.70 bits per heavy atom. The van der Waals surface area contributed by atoms with E-state index in [1.54, 1.807) is 6.07 Å². The van der Waals surface area contributed by atoms with Crippen molar-refractivity contribution in [2.24, 2.45) is 5.14 Å². The first-order valence-electron chi connectivity index (χ1n) is 5.89. The number of sulfonamides is 1. The largest absolute Gasteiger partial charge is 0.295 e. The summed E-state index contributed by atoms with van der Waals surface area (Å²) in [4.78, 5) is -1.48. The summed E-state index contributed by atoms with van der Waals surface area (Å²) >= 11 is 0. The molecule has 0 heterocycles. The highest BCUT2D eigenvalue weighted by Crippen LogP contribution is 2.35. The number of hydrogen-bond acceptors (Lipinski definition) is 5. The van der Waals surface area contributed by atoms with E-state index in [0.29, 0.717) is 0 Å². The molecule has 0 atom stereocenters. The predicted molar refractivity (Wildman–Crippen MR) is 77.7 cm³/mol. The summed E-state index contributed by atoms with van der Waals surface area (Å²) in [6.07, 6.45) is 0. The van der Waals surface area contributed by atoms with E-state index in [-0.39, 0.29) is 5.56 Å². The summed E-state index contributed by atoms with van der Waals surface area (Å²) in [5.74, 6) is -1.04. The maximum atomic E-state index is 14.2. The second-order valence-corrected chi connectivity index (χ2v) is 7.38. The highest BCUT2D eigenvalue weighted by molar-refractivity contribution is 7.89. The summed E-state index contributed by atoms with van der Waals surface area (Å²) in [5.41, 5.74) is -1.08. The van der Waals surface area contributed by atoms with Gasteiger partial charge >= 0.3 is 0 Å². The Bertz CT molecular complexity index is 990. The van der Waals surface area contributed by atoms with E-state index >= 15 is 0 Å². The number of primary sulfonamides is 1. The van der Waals surface area contributed by atoms with Gasteiger partial charge in [0.25, 0.3) is 10.1 Å². The molecule has 3 N–H and O–H groups in total. The third kappa shape index (κ3) is 3.38. The average Bonchev–Trinajstić information content (AvgIpc) is 2.44. The maximum Gasteiger partial charge on any atom is 0.295 e. The Morgan fingerprint density at radius 3 is 2.17 bits per heavy atom. The normalized spacial score (nSPS) is 11.9. The van der Waals surface area contributed by atoms with Crippen LogP contribution in [0.2, 0.25) is 0 Å². The third-order valence-corrected chi connectivity index (χ3v) is 4.79. The first-order chi connectivity index (χ1) is 10.6. The van der Waals surface area contributed by atoms with Crippen molar-refractivity contribution in [3.05, 3.63) is 47.8 Å². The standard InChI is InChI=1S/C13H9FN2O5S2/c14-10-6-8(7-15)4-5-9(10)13-11(22(16,17)18)2-1-3-12(13)23(19,20)21/h1-6H,(H2,16,17,18)(H,19,20,21). The first-order valence-corrected chi connectivity index (χ1v) is 8.87. The molecule has 120 valence electrons. The molecule has 0 aromatic heterocycles. The Balaban J connectivity index is 2.98. The monoisotopic (exact) mass is 356 g/mol. The van der Waals surface area contributed by atoms with Crippen LogP contribution in [0.4, 0.5) is 4.39 Å². The molecule has 0 saturated heterocycles. The van der Waals surface area contributed by atoms with Gasteiger partial charge in [0, 0.05) is 11.1 Å². The van der Waals surface area contributed by atoms with Crippen molar-refractivity contribution in [2.45, 2.75) is 9.79 Å². The van der Waals surface area contributed by atoms with Crippen LogP contribution in [0.3, 0.4) is 0 Å². The Hall–Kier alpha value is -2.32. The number of nitriles is 1. The van der Waals surface area contributed by atoms with Crippen LogP contribution in [0, 0.1) is 17.1 Å². The summed E-state index contributed by atoms with van der Waals surface area (Å²) in [6, 6.07) is 7.65. The number of hydrogen-bond donors (Lipinski definition) is 2. The van der Waals surface area contributed by atoms with Crippen molar-refractivity contribution in [1.82, 2.24) is 0 Å². The molecule has 0 aliphatic heterocycles. The van der Waals surface area contributed by atoms with Crippen molar-refractivity contribution >= 4 is 20.1 Å². The Labute approximate surface area is 131 Å². The van der Waals surface area contributed by atoms with Gasteiger partial charge in [-0.2, -0.15) is 13.7 Å². The second-order valence-electron chi connectivity index (χ2n) is 4.46. The molecule has 7 nitrogen and oxygen atoms in total. The van der Waals surface area contributed by atoms with E-state index in [4.69, 9.17) is 10.4 Å². The fraction of sp³-hybridized carbons (Fsp3) is 0. The highest BCUT2D eigenvalue weighted by Gasteiger charge is 2.26. The lowest BCUT2D eigenvalue weighted by Crippen LogP contribution is -2.15. The van der Waals surface area contributed by atoms with Crippen LogP contribution in [0.1, 0.15) is 5.56 Å². The number of halogens is 1. The lowest BCUT2D eigenvalue weighted by atomic mass is 10.0. The topological polar surface area (TPSA) is 138 Å². The maximum absolute atomic E-state index is 14.2. The molecule has 0 saturated carbocycles. The SMILES string of the molecule is N#Cc1ccc(-c2c(S(N)(=O)=O)cccc2S(=O)(=O)O)c(F)c1. The Kier molecular flexibility index (Phi) is 4.23. The number of nitrogens with zero attached hydrogens (tertiary/aromatic N) is 1. The molecule has 2 aromatic rings. The van der Waals surface area contributed by atoms with Gasteiger partial charge in [-0.25, -0.2) is 17.9 Å². The zero-order valence-electron chi connectivity index (χ0n) is 11.3. The lowest BCUT2D eigenvalue weighted by Gasteiger charge is -2.13. The molecule has 0 aliphatic carbocycles. The first kappa shape index (κ1) is 17.0. The molecule has 10 heteroatoms. The van der Waals surface area contributed by atoms with E-state index < -0.39 is 46.9 Å². The summed E-state index contributed by atoms with van der Waals surface area (Å²) in [5, 5.41) is 13.8. The van der Waals surface area contributed by atoms with Gasteiger partial charge < -0.3 is 0 Å². The van der Waals surface area contributed by atoms with Crippen LogP contribution in [-0.2, 0) is 20.1 Å². The van der Waals surface area contributed by atoms with E-state index in [0.717, 1.165) is 30.3 Å². The van der Waals surface area contributed by atoms with Crippen molar-refractivity contribution in [1.29, 1.82) is 5.26 Å². The zero-order chi connectivity index (χ0) is 17.4. The summed E-state index contributed by atoms with van der Waals surface area (Å²) < 4.78 is 69.8. The van der Waals surface area contributed by atoms with E-state index in [9.17, 15) is 25.8 Å². The minimum absolute atomic E-state index is 0.0484. The van der Waals surface area contributed by atoms with Crippen LogP contribution in [0.25, 0.3) is 11.1 Å². The molecule has 0 radical (unpaired) electrons. The molecule has 0 fully saturated rings. The molecule has 23 heavy (non-hydrogen) atoms. The van der Waals surface area contributed by atoms with Gasteiger partial charge in [-0.15, -0.1) is 0 Å². The fourth-order valence-electron chi connectivity index (χ4n) is 2.02. The minimum Gasteiger partial charge on any atom is -0.282 e. The smallest absolute Gasteiger partial charge is 0.282 e. The third-order valence-electron chi connectivity index (χ3n) is 2.94. The number of benzene rings is 2. The van der Waals surface area contributed by atoms with Crippen LogP contribution in [-0.4, -0.2) is 21.4 Å². The molecule has 2 rings (SSSR count). The van der Waals surface area contributed by atoms with Gasteiger partial charge in [-0.05, 0) is 24.3 Å². The predicted octanol–water partition coefficient (Wildman–Crippen LogP) is 1.26. The quantitative estimate of drug-likeness (QED) is 0.794. The van der Waals surface area contributed by atoms with E-state index in [1.807, 2.05) is 0 Å². The van der Waals surface area contributed by atoms with Crippen molar-refractivity contribution in [3.63, 3.8) is 0 Å². The molecular formula is C13H9FN2O5S2. The molecular weight excluding hydrogens is 347 g/mol. The van der Waals surface area contributed by atoms with Crippen molar-refractivity contribution < 1.29 is 25.8 Å². The van der Waals surface area contributed by atoms with E-state index in [1.165, 1.54) is 6.07 Å². The number of rotatable bonds is 3. The van der Waals surface area contributed by atoms with E-state index in [2.05, 4.69) is 0 Å². The van der Waals surface area contributed by atoms with Gasteiger partial charge in [-0.3, -0.25) is 4.55 Å². The van der Waals surface area contributed by atoms with Crippen molar-refractivity contribution in [2.75, 3.05) is 0 Å². The van der Waals surface area contributed by atoms with Gasteiger partial charge in [0.15, 0.2) is 0 Å². The zero-order valence-corrected chi connectivity index (χ0v) is 12.9. The van der Waals surface area contributed by atoms with Crippen LogP contribution in [0.15, 0.2) is 46.2 Å². The molecule has 0 bridgehead atoms. The van der Waals surface area contributed by atoms with Gasteiger partial charge in [0.1, 0.15) is 10.7 Å². The second kappa shape index (κ2) is 5.71. The summed E-state index contributed by atoms with van der Waals surface area (Å²) in [7, 11) is -9.25. The van der Waals surface area contributed by atoms with Gasteiger partial charge in [0.2, 0.25) is 10.0 Å². The minimum atomic E-state index is -4.85. The number of nitrogens with two attached hydrogens (primary N) is 1. The van der Waals surface area contributed by atoms with Crippen LogP contribution in [0.5, 0.6) is 0 Å². The molecule has 2 aromatic carbocycles.